The first-order valence-electron chi connectivity index (χ1n) is 5.27. The summed E-state index contributed by atoms with van der Waals surface area (Å²) < 4.78 is 0. The Balaban J connectivity index is 0.000000336. The number of nitrogens with zero attached hydrogens (tertiary/aromatic N) is 1. The van der Waals surface area contributed by atoms with Crippen LogP contribution in [0, 0.1) is 0 Å². The van der Waals surface area contributed by atoms with Crippen molar-refractivity contribution in [2.75, 3.05) is 13.1 Å². The molecule has 3 saturated heterocycles. The molecule has 3 heterocycles. The average Bonchev–Trinajstić information content (AvgIpc) is 2.08. The van der Waals surface area contributed by atoms with Crippen LogP contribution in [0.15, 0.2) is 0 Å². The molecule has 3 fully saturated rings. The first kappa shape index (κ1) is 10.0. The number of piperazine rings is 1. The van der Waals surface area contributed by atoms with E-state index in [1.165, 1.54) is 19.5 Å². The smallest absolute Gasteiger partial charge is 0.0242 e. The molecule has 72 valence electrons. The molecule has 1 N–H and O–H groups in total. The maximum absolute atomic E-state index is 3.43. The van der Waals surface area contributed by atoms with Crippen molar-refractivity contribution in [3.63, 3.8) is 0 Å². The summed E-state index contributed by atoms with van der Waals surface area (Å²) >= 11 is 0. The Morgan fingerprint density at radius 1 is 1.17 bits per heavy atom. The summed E-state index contributed by atoms with van der Waals surface area (Å²) in [6.45, 7) is 11.0. The lowest BCUT2D eigenvalue weighted by Gasteiger charge is -2.55. The van der Waals surface area contributed by atoms with Gasteiger partial charge in [-0.3, -0.25) is 4.90 Å². The van der Waals surface area contributed by atoms with E-state index in [2.05, 4.69) is 24.1 Å². The fourth-order valence-electron chi connectivity index (χ4n) is 2.35. The quantitative estimate of drug-likeness (QED) is 0.641. The molecule has 0 aliphatic carbocycles. The number of nitrogens with one attached hydrogen (secondary N) is 1. The van der Waals surface area contributed by atoms with Gasteiger partial charge in [-0.2, -0.15) is 0 Å². The number of hydrogen-bond donors (Lipinski definition) is 1. The van der Waals surface area contributed by atoms with Crippen LogP contribution in [0.25, 0.3) is 0 Å². The summed E-state index contributed by atoms with van der Waals surface area (Å²) in [6, 6.07) is 2.48. The topological polar surface area (TPSA) is 15.3 Å². The summed E-state index contributed by atoms with van der Waals surface area (Å²) in [5.74, 6) is 0. The average molecular weight is 170 g/mol. The van der Waals surface area contributed by atoms with Crippen LogP contribution in [0.5, 0.6) is 0 Å². The Morgan fingerprint density at radius 3 is 1.92 bits per heavy atom. The number of rotatable bonds is 1. The number of fused-ring (bicyclic) bond motifs is 2. The maximum Gasteiger partial charge on any atom is 0.0242 e. The predicted molar refractivity (Wildman–Crippen MR) is 53.4 cm³/mol. The molecule has 0 aromatic rings. The first-order chi connectivity index (χ1) is 5.79. The van der Waals surface area contributed by atoms with Crippen LogP contribution in [0.2, 0.25) is 0 Å². The lowest BCUT2D eigenvalue weighted by atomic mass is 9.87. The molecule has 0 spiro atoms. The Hall–Kier alpha value is -0.0800. The molecule has 0 saturated carbocycles. The van der Waals surface area contributed by atoms with Crippen molar-refractivity contribution in [1.29, 1.82) is 0 Å². The van der Waals surface area contributed by atoms with E-state index in [1.54, 1.807) is 0 Å². The van der Waals surface area contributed by atoms with Crippen molar-refractivity contribution in [2.45, 2.75) is 52.2 Å². The molecule has 2 nitrogen and oxygen atoms in total. The molecule has 0 aromatic carbocycles. The Bertz CT molecular complexity index is 120. The highest BCUT2D eigenvalue weighted by Gasteiger charge is 2.42. The minimum Gasteiger partial charge on any atom is -0.314 e. The van der Waals surface area contributed by atoms with Crippen LogP contribution in [0.3, 0.4) is 0 Å². The van der Waals surface area contributed by atoms with Crippen molar-refractivity contribution >= 4 is 0 Å². The number of hydrogen-bond acceptors (Lipinski definition) is 2. The molecule has 3 rings (SSSR count). The van der Waals surface area contributed by atoms with Gasteiger partial charge in [0.2, 0.25) is 0 Å². The molecular formula is C10H22N2. The standard InChI is InChI=1S/C8H16N2.C2H6/c1-6(2)10-7-3-8(10)5-9-4-7;1-2/h6-9H,3-5H2,1-2H3;1-2H3. The van der Waals surface area contributed by atoms with Crippen LogP contribution in [0.1, 0.15) is 34.1 Å². The lowest BCUT2D eigenvalue weighted by Crippen LogP contribution is -2.69. The zero-order valence-electron chi connectivity index (χ0n) is 8.80. The summed E-state index contributed by atoms with van der Waals surface area (Å²) in [5.41, 5.74) is 0. The van der Waals surface area contributed by atoms with E-state index in [0.717, 1.165) is 18.1 Å². The van der Waals surface area contributed by atoms with Crippen molar-refractivity contribution < 1.29 is 0 Å². The van der Waals surface area contributed by atoms with Gasteiger partial charge in [0.25, 0.3) is 0 Å². The fourth-order valence-corrected chi connectivity index (χ4v) is 2.35. The summed E-state index contributed by atoms with van der Waals surface area (Å²) in [5, 5.41) is 3.43. The van der Waals surface area contributed by atoms with Gasteiger partial charge in [0, 0.05) is 31.2 Å². The highest BCUT2D eigenvalue weighted by atomic mass is 15.3. The van der Waals surface area contributed by atoms with E-state index in [1.807, 2.05) is 13.8 Å². The zero-order chi connectivity index (χ0) is 9.14. The monoisotopic (exact) mass is 170 g/mol. The van der Waals surface area contributed by atoms with Crippen LogP contribution in [-0.2, 0) is 0 Å². The van der Waals surface area contributed by atoms with E-state index in [-0.39, 0.29) is 0 Å². The second-order valence-electron chi connectivity index (χ2n) is 3.74. The predicted octanol–water partition coefficient (Wildman–Crippen LogP) is 1.47. The molecule has 2 unspecified atom stereocenters. The highest BCUT2D eigenvalue weighted by molar-refractivity contribution is 5.00. The van der Waals surface area contributed by atoms with Crippen molar-refractivity contribution in [2.24, 2.45) is 0 Å². The molecule has 12 heavy (non-hydrogen) atoms. The minimum absolute atomic E-state index is 0.755. The lowest BCUT2D eigenvalue weighted by molar-refractivity contribution is -0.0383. The van der Waals surface area contributed by atoms with Gasteiger partial charge < -0.3 is 5.32 Å². The Labute approximate surface area is 76.3 Å². The Kier molecular flexibility index (Phi) is 3.53. The van der Waals surface area contributed by atoms with Gasteiger partial charge in [0.1, 0.15) is 0 Å². The molecule has 0 radical (unpaired) electrons. The van der Waals surface area contributed by atoms with Gasteiger partial charge in [-0.25, -0.2) is 0 Å². The molecule has 3 aliphatic rings. The minimum atomic E-state index is 0.755. The van der Waals surface area contributed by atoms with E-state index < -0.39 is 0 Å². The molecule has 0 aromatic heterocycles. The van der Waals surface area contributed by atoms with E-state index in [9.17, 15) is 0 Å². The number of piperidine rings is 1. The van der Waals surface area contributed by atoms with Gasteiger partial charge in [-0.05, 0) is 20.3 Å². The van der Waals surface area contributed by atoms with Gasteiger partial charge >= 0.3 is 0 Å². The molecular weight excluding hydrogens is 148 g/mol. The van der Waals surface area contributed by atoms with Gasteiger partial charge in [-0.15, -0.1) is 0 Å². The highest BCUT2D eigenvalue weighted by Crippen LogP contribution is 2.30. The SMILES string of the molecule is CC.CC(C)N1C2CNCC1C2. The van der Waals surface area contributed by atoms with Crippen LogP contribution in [-0.4, -0.2) is 36.1 Å². The van der Waals surface area contributed by atoms with Gasteiger partial charge in [0.15, 0.2) is 0 Å². The van der Waals surface area contributed by atoms with E-state index >= 15 is 0 Å². The summed E-state index contributed by atoms with van der Waals surface area (Å²) in [7, 11) is 0. The maximum atomic E-state index is 3.43. The van der Waals surface area contributed by atoms with E-state index in [0.29, 0.717) is 0 Å². The van der Waals surface area contributed by atoms with Crippen molar-refractivity contribution in [1.82, 2.24) is 10.2 Å². The first-order valence-corrected chi connectivity index (χ1v) is 5.27. The van der Waals surface area contributed by atoms with Gasteiger partial charge in [-0.1, -0.05) is 13.8 Å². The Morgan fingerprint density at radius 2 is 1.67 bits per heavy atom. The molecule has 0 amide bonds. The van der Waals surface area contributed by atoms with Crippen LogP contribution >= 0.6 is 0 Å². The van der Waals surface area contributed by atoms with Crippen LogP contribution in [0.4, 0.5) is 0 Å². The third kappa shape index (κ3) is 1.64. The molecule has 3 aliphatic heterocycles. The largest absolute Gasteiger partial charge is 0.314 e. The normalized spacial score (nSPS) is 33.8. The van der Waals surface area contributed by atoms with Gasteiger partial charge in [0.05, 0.1) is 0 Å². The van der Waals surface area contributed by atoms with Crippen LogP contribution < -0.4 is 5.32 Å². The third-order valence-corrected chi connectivity index (χ3v) is 2.74. The molecule has 2 atom stereocenters. The summed E-state index contributed by atoms with van der Waals surface area (Å²) in [4.78, 5) is 2.64. The fraction of sp³-hybridized carbons (Fsp3) is 1.00. The second kappa shape index (κ2) is 4.24. The van der Waals surface area contributed by atoms with E-state index in [4.69, 9.17) is 0 Å². The zero-order valence-corrected chi connectivity index (χ0v) is 8.80. The van der Waals surface area contributed by atoms with Crippen molar-refractivity contribution in [3.05, 3.63) is 0 Å². The second-order valence-corrected chi connectivity index (χ2v) is 3.74. The third-order valence-electron chi connectivity index (χ3n) is 2.74. The summed E-state index contributed by atoms with van der Waals surface area (Å²) in [6.07, 6.45) is 1.44. The molecule has 2 bridgehead atoms. The van der Waals surface area contributed by atoms with Crippen molar-refractivity contribution in [3.8, 4) is 0 Å². The molecule has 2 heteroatoms.